The fourth-order valence-electron chi connectivity index (χ4n) is 3.02. The molecule has 30 heavy (non-hydrogen) atoms. The molecule has 1 aromatic heterocycles. The third-order valence-electron chi connectivity index (χ3n) is 4.51. The van der Waals surface area contributed by atoms with E-state index in [4.69, 9.17) is 14.0 Å². The molecule has 0 aliphatic carbocycles. The number of carbonyl (C=O) groups is 1. The first-order valence-electron chi connectivity index (χ1n) is 10.2. The zero-order valence-corrected chi connectivity index (χ0v) is 17.6. The molecule has 1 heterocycles. The fourth-order valence-corrected chi connectivity index (χ4v) is 3.02. The minimum absolute atomic E-state index is 0.0891. The van der Waals surface area contributed by atoms with Gasteiger partial charge in [-0.15, -0.1) is 0 Å². The van der Waals surface area contributed by atoms with E-state index in [2.05, 4.69) is 15.5 Å². The number of benzene rings is 2. The van der Waals surface area contributed by atoms with Crippen LogP contribution >= 0.6 is 0 Å². The highest BCUT2D eigenvalue weighted by Gasteiger charge is 2.15. The van der Waals surface area contributed by atoms with Gasteiger partial charge in [0.1, 0.15) is 0 Å². The van der Waals surface area contributed by atoms with Crippen LogP contribution in [-0.2, 0) is 11.2 Å². The van der Waals surface area contributed by atoms with Gasteiger partial charge in [-0.1, -0.05) is 41.6 Å². The van der Waals surface area contributed by atoms with Crippen LogP contribution in [0.15, 0.2) is 53.1 Å². The predicted octanol–water partition coefficient (Wildman–Crippen LogP) is 4.34. The lowest BCUT2D eigenvalue weighted by Gasteiger charge is -2.17. The first-order valence-corrected chi connectivity index (χ1v) is 10.2. The van der Waals surface area contributed by atoms with E-state index in [1.54, 1.807) is 0 Å². The van der Waals surface area contributed by atoms with Gasteiger partial charge in [-0.2, -0.15) is 4.98 Å². The lowest BCUT2D eigenvalue weighted by Crippen LogP contribution is -2.26. The molecule has 0 radical (unpaired) electrons. The SMILES string of the molecule is CCOc1ccc([C@@H](C)NC(=O)CCc2nc(-c3ccccc3)no2)cc1OCC. The van der Waals surface area contributed by atoms with Crippen LogP contribution in [0.5, 0.6) is 11.5 Å². The highest BCUT2D eigenvalue weighted by molar-refractivity contribution is 5.76. The molecule has 0 spiro atoms. The van der Waals surface area contributed by atoms with Crippen molar-refractivity contribution >= 4 is 5.91 Å². The van der Waals surface area contributed by atoms with Gasteiger partial charge in [0.2, 0.25) is 17.6 Å². The smallest absolute Gasteiger partial charge is 0.227 e. The number of hydrogen-bond acceptors (Lipinski definition) is 6. The van der Waals surface area contributed by atoms with Crippen molar-refractivity contribution in [3.8, 4) is 22.9 Å². The van der Waals surface area contributed by atoms with Gasteiger partial charge in [0.05, 0.1) is 19.3 Å². The van der Waals surface area contributed by atoms with Crippen LogP contribution in [0.3, 0.4) is 0 Å². The highest BCUT2D eigenvalue weighted by Crippen LogP contribution is 2.30. The zero-order chi connectivity index (χ0) is 21.3. The van der Waals surface area contributed by atoms with Gasteiger partial charge in [0.15, 0.2) is 11.5 Å². The molecule has 7 heteroatoms. The summed E-state index contributed by atoms with van der Waals surface area (Å²) in [5.41, 5.74) is 1.82. The van der Waals surface area contributed by atoms with Gasteiger partial charge in [-0.05, 0) is 38.5 Å². The van der Waals surface area contributed by atoms with Crippen LogP contribution < -0.4 is 14.8 Å². The maximum absolute atomic E-state index is 12.4. The van der Waals surface area contributed by atoms with Crippen LogP contribution in [-0.4, -0.2) is 29.3 Å². The summed E-state index contributed by atoms with van der Waals surface area (Å²) >= 11 is 0. The van der Waals surface area contributed by atoms with Crippen LogP contribution in [0.1, 0.15) is 44.7 Å². The topological polar surface area (TPSA) is 86.5 Å². The number of hydrogen-bond donors (Lipinski definition) is 1. The quantitative estimate of drug-likeness (QED) is 0.536. The number of carbonyl (C=O) groups excluding carboxylic acids is 1. The molecule has 0 saturated heterocycles. The highest BCUT2D eigenvalue weighted by atomic mass is 16.5. The number of aryl methyl sites for hydroxylation is 1. The second-order valence-electron chi connectivity index (χ2n) is 6.74. The normalized spacial score (nSPS) is 11.7. The molecule has 1 amide bonds. The summed E-state index contributed by atoms with van der Waals surface area (Å²) in [6.07, 6.45) is 0.641. The molecule has 0 unspecified atom stereocenters. The summed E-state index contributed by atoms with van der Waals surface area (Å²) in [5, 5.41) is 6.98. The Hall–Kier alpha value is -3.35. The van der Waals surface area contributed by atoms with Gasteiger partial charge in [0, 0.05) is 18.4 Å². The van der Waals surface area contributed by atoms with Crippen molar-refractivity contribution in [2.45, 2.75) is 39.7 Å². The van der Waals surface area contributed by atoms with Crippen molar-refractivity contribution in [3.63, 3.8) is 0 Å². The Morgan fingerprint density at radius 2 is 1.80 bits per heavy atom. The maximum atomic E-state index is 12.4. The van der Waals surface area contributed by atoms with Crippen molar-refractivity contribution in [1.82, 2.24) is 15.5 Å². The van der Waals surface area contributed by atoms with Gasteiger partial charge in [-0.3, -0.25) is 4.79 Å². The average molecular weight is 409 g/mol. The molecular formula is C23H27N3O4. The number of nitrogens with one attached hydrogen (secondary N) is 1. The predicted molar refractivity (Wildman–Crippen MR) is 113 cm³/mol. The van der Waals surface area contributed by atoms with E-state index in [0.717, 1.165) is 11.1 Å². The summed E-state index contributed by atoms with van der Waals surface area (Å²) in [6.45, 7) is 6.89. The van der Waals surface area contributed by atoms with Crippen LogP contribution in [0.2, 0.25) is 0 Å². The first-order chi connectivity index (χ1) is 14.6. The van der Waals surface area contributed by atoms with Crippen molar-refractivity contribution < 1.29 is 18.8 Å². The third-order valence-corrected chi connectivity index (χ3v) is 4.51. The van der Waals surface area contributed by atoms with Crippen molar-refractivity contribution in [1.29, 1.82) is 0 Å². The molecule has 0 fully saturated rings. The van der Waals surface area contributed by atoms with Gasteiger partial charge >= 0.3 is 0 Å². The number of nitrogens with zero attached hydrogens (tertiary/aromatic N) is 2. The average Bonchev–Trinajstić information content (AvgIpc) is 3.23. The lowest BCUT2D eigenvalue weighted by molar-refractivity contribution is -0.121. The summed E-state index contributed by atoms with van der Waals surface area (Å²) in [7, 11) is 0. The second-order valence-corrected chi connectivity index (χ2v) is 6.74. The fraction of sp³-hybridized carbons (Fsp3) is 0.348. The van der Waals surface area contributed by atoms with E-state index in [0.29, 0.717) is 42.8 Å². The molecule has 0 aliphatic rings. The van der Waals surface area contributed by atoms with E-state index >= 15 is 0 Å². The standard InChI is InChI=1S/C23H27N3O4/c1-4-28-19-12-11-18(15-20(19)29-5-2)16(3)24-21(27)13-14-22-25-23(26-30-22)17-9-7-6-8-10-17/h6-12,15-16H,4-5,13-14H2,1-3H3,(H,24,27)/t16-/m1/s1. The van der Waals surface area contributed by atoms with Gasteiger partial charge in [-0.25, -0.2) is 0 Å². The van der Waals surface area contributed by atoms with E-state index in [-0.39, 0.29) is 18.4 Å². The Morgan fingerprint density at radius 1 is 1.07 bits per heavy atom. The molecule has 1 N–H and O–H groups in total. The van der Waals surface area contributed by atoms with E-state index in [1.807, 2.05) is 69.3 Å². The molecule has 7 nitrogen and oxygen atoms in total. The first kappa shape index (κ1) is 21.4. The summed E-state index contributed by atoms with van der Waals surface area (Å²) in [6, 6.07) is 15.1. The summed E-state index contributed by atoms with van der Waals surface area (Å²) < 4.78 is 16.5. The molecule has 0 saturated carbocycles. The Kier molecular flexibility index (Phi) is 7.43. The molecule has 0 bridgehead atoms. The molecule has 1 atom stereocenters. The number of amides is 1. The largest absolute Gasteiger partial charge is 0.490 e. The minimum atomic E-state index is -0.171. The molecule has 0 aliphatic heterocycles. The summed E-state index contributed by atoms with van der Waals surface area (Å²) in [4.78, 5) is 16.8. The Labute approximate surface area is 176 Å². The van der Waals surface area contributed by atoms with Crippen LogP contribution in [0.25, 0.3) is 11.4 Å². The lowest BCUT2D eigenvalue weighted by atomic mass is 10.1. The molecule has 3 aromatic rings. The van der Waals surface area contributed by atoms with Crippen molar-refractivity contribution in [2.75, 3.05) is 13.2 Å². The van der Waals surface area contributed by atoms with Crippen molar-refractivity contribution in [2.24, 2.45) is 0 Å². The number of ether oxygens (including phenoxy) is 2. The van der Waals surface area contributed by atoms with Gasteiger partial charge < -0.3 is 19.3 Å². The molecular weight excluding hydrogens is 382 g/mol. The maximum Gasteiger partial charge on any atom is 0.227 e. The second kappa shape index (κ2) is 10.4. The van der Waals surface area contributed by atoms with Crippen LogP contribution in [0, 0.1) is 0 Å². The zero-order valence-electron chi connectivity index (χ0n) is 17.6. The number of aromatic nitrogens is 2. The Balaban J connectivity index is 1.56. The van der Waals surface area contributed by atoms with Crippen LogP contribution in [0.4, 0.5) is 0 Å². The molecule has 158 valence electrons. The third kappa shape index (κ3) is 5.59. The summed E-state index contributed by atoms with van der Waals surface area (Å²) in [5.74, 6) is 2.26. The van der Waals surface area contributed by atoms with E-state index < -0.39 is 0 Å². The Bertz CT molecular complexity index is 956. The minimum Gasteiger partial charge on any atom is -0.490 e. The van der Waals surface area contributed by atoms with Gasteiger partial charge in [0.25, 0.3) is 0 Å². The number of rotatable bonds is 10. The monoisotopic (exact) mass is 409 g/mol. The Morgan fingerprint density at radius 3 is 2.53 bits per heavy atom. The molecule has 3 rings (SSSR count). The molecule has 2 aromatic carbocycles. The van der Waals surface area contributed by atoms with E-state index in [1.165, 1.54) is 0 Å². The van der Waals surface area contributed by atoms with Crippen molar-refractivity contribution in [3.05, 3.63) is 60.0 Å². The van der Waals surface area contributed by atoms with E-state index in [9.17, 15) is 4.79 Å².